The molecule has 0 spiro atoms. The SMILES string of the molecule is Cc1ccc(-c2noc(CN(C(=O)Nc3cccc(Cl)c3)C(C)C)n2)cc1. The lowest BCUT2D eigenvalue weighted by molar-refractivity contribution is 0.182. The first-order valence-electron chi connectivity index (χ1n) is 8.65. The average Bonchev–Trinajstić information content (AvgIpc) is 3.08. The van der Waals surface area contributed by atoms with E-state index in [1.165, 1.54) is 0 Å². The van der Waals surface area contributed by atoms with E-state index in [9.17, 15) is 4.79 Å². The number of anilines is 1. The van der Waals surface area contributed by atoms with E-state index in [0.717, 1.165) is 11.1 Å². The maximum atomic E-state index is 12.7. The molecule has 27 heavy (non-hydrogen) atoms. The monoisotopic (exact) mass is 384 g/mol. The summed E-state index contributed by atoms with van der Waals surface area (Å²) in [4.78, 5) is 18.7. The number of carbonyl (C=O) groups is 1. The van der Waals surface area contributed by atoms with Gasteiger partial charge in [0.2, 0.25) is 11.7 Å². The number of amides is 2. The summed E-state index contributed by atoms with van der Waals surface area (Å²) in [6.45, 7) is 6.08. The highest BCUT2D eigenvalue weighted by Gasteiger charge is 2.21. The maximum Gasteiger partial charge on any atom is 0.322 e. The minimum absolute atomic E-state index is 0.0566. The van der Waals surface area contributed by atoms with Crippen molar-refractivity contribution in [3.63, 3.8) is 0 Å². The molecule has 0 bridgehead atoms. The summed E-state index contributed by atoms with van der Waals surface area (Å²) < 4.78 is 5.35. The van der Waals surface area contributed by atoms with Gasteiger partial charge in [-0.05, 0) is 39.0 Å². The number of nitrogens with zero attached hydrogens (tertiary/aromatic N) is 3. The van der Waals surface area contributed by atoms with Crippen molar-refractivity contribution in [1.82, 2.24) is 15.0 Å². The number of aromatic nitrogens is 2. The first kappa shape index (κ1) is 18.9. The highest BCUT2D eigenvalue weighted by Crippen LogP contribution is 2.19. The standard InChI is InChI=1S/C20H21ClN4O2/c1-13(2)25(20(26)22-17-6-4-5-16(21)11-17)12-18-23-19(24-27-18)15-9-7-14(3)8-10-15/h4-11,13H,12H2,1-3H3,(H,22,26). The van der Waals surface area contributed by atoms with Gasteiger partial charge in [-0.3, -0.25) is 0 Å². The second-order valence-corrected chi connectivity index (χ2v) is 6.98. The molecule has 0 atom stereocenters. The van der Waals surface area contributed by atoms with Gasteiger partial charge in [-0.25, -0.2) is 4.79 Å². The van der Waals surface area contributed by atoms with E-state index in [1.807, 2.05) is 45.0 Å². The van der Waals surface area contributed by atoms with E-state index in [1.54, 1.807) is 29.2 Å². The zero-order valence-corrected chi connectivity index (χ0v) is 16.2. The van der Waals surface area contributed by atoms with E-state index in [4.69, 9.17) is 16.1 Å². The fourth-order valence-electron chi connectivity index (χ4n) is 2.54. The van der Waals surface area contributed by atoms with Gasteiger partial charge < -0.3 is 14.7 Å². The third kappa shape index (κ3) is 4.86. The molecule has 7 heteroatoms. The van der Waals surface area contributed by atoms with Crippen molar-refractivity contribution in [2.45, 2.75) is 33.4 Å². The lowest BCUT2D eigenvalue weighted by Gasteiger charge is -2.25. The van der Waals surface area contributed by atoms with Gasteiger partial charge in [0, 0.05) is 22.3 Å². The molecule has 2 aromatic carbocycles. The number of rotatable bonds is 5. The van der Waals surface area contributed by atoms with Crippen molar-refractivity contribution in [3.05, 3.63) is 65.0 Å². The van der Waals surface area contributed by atoms with Crippen LogP contribution in [0, 0.1) is 6.92 Å². The number of aryl methyl sites for hydroxylation is 1. The highest BCUT2D eigenvalue weighted by atomic mass is 35.5. The van der Waals surface area contributed by atoms with Crippen molar-refractivity contribution in [2.75, 3.05) is 5.32 Å². The Labute approximate surface area is 163 Å². The third-order valence-electron chi connectivity index (χ3n) is 4.04. The van der Waals surface area contributed by atoms with Gasteiger partial charge in [-0.2, -0.15) is 4.98 Å². The number of halogens is 1. The van der Waals surface area contributed by atoms with Crippen LogP contribution in [0.1, 0.15) is 25.3 Å². The molecule has 3 rings (SSSR count). The van der Waals surface area contributed by atoms with Crippen molar-refractivity contribution in [2.24, 2.45) is 0 Å². The summed E-state index contributed by atoms with van der Waals surface area (Å²) in [7, 11) is 0. The summed E-state index contributed by atoms with van der Waals surface area (Å²) in [6, 6.07) is 14.6. The Balaban J connectivity index is 1.73. The predicted octanol–water partition coefficient (Wildman–Crippen LogP) is 5.14. The minimum Gasteiger partial charge on any atom is -0.337 e. The Hall–Kier alpha value is -2.86. The predicted molar refractivity (Wildman–Crippen MR) is 106 cm³/mol. The van der Waals surface area contributed by atoms with E-state index in [0.29, 0.717) is 22.4 Å². The van der Waals surface area contributed by atoms with Crippen molar-refractivity contribution >= 4 is 23.3 Å². The van der Waals surface area contributed by atoms with Crippen LogP contribution in [0.25, 0.3) is 11.4 Å². The first-order chi connectivity index (χ1) is 12.9. The molecular weight excluding hydrogens is 364 g/mol. The number of urea groups is 1. The fraction of sp³-hybridized carbons (Fsp3) is 0.250. The number of benzene rings is 2. The normalized spacial score (nSPS) is 10.9. The quantitative estimate of drug-likeness (QED) is 0.661. The van der Waals surface area contributed by atoms with Gasteiger partial charge in [0.1, 0.15) is 6.54 Å². The first-order valence-corrected chi connectivity index (χ1v) is 9.03. The van der Waals surface area contributed by atoms with Gasteiger partial charge in [0.05, 0.1) is 0 Å². The van der Waals surface area contributed by atoms with E-state index in [2.05, 4.69) is 15.5 Å². The molecule has 0 aliphatic carbocycles. The second-order valence-electron chi connectivity index (χ2n) is 6.54. The lowest BCUT2D eigenvalue weighted by atomic mass is 10.1. The number of hydrogen-bond acceptors (Lipinski definition) is 4. The van der Waals surface area contributed by atoms with Crippen LogP contribution in [0.2, 0.25) is 5.02 Å². The number of hydrogen-bond donors (Lipinski definition) is 1. The van der Waals surface area contributed by atoms with Gasteiger partial charge >= 0.3 is 6.03 Å². The smallest absolute Gasteiger partial charge is 0.322 e. The van der Waals surface area contributed by atoms with Crippen molar-refractivity contribution < 1.29 is 9.32 Å². The molecule has 0 unspecified atom stereocenters. The highest BCUT2D eigenvalue weighted by molar-refractivity contribution is 6.30. The maximum absolute atomic E-state index is 12.7. The molecule has 6 nitrogen and oxygen atoms in total. The topological polar surface area (TPSA) is 71.3 Å². The summed E-state index contributed by atoms with van der Waals surface area (Å²) in [6.07, 6.45) is 0. The van der Waals surface area contributed by atoms with Crippen LogP contribution < -0.4 is 5.32 Å². The second kappa shape index (κ2) is 8.22. The fourth-order valence-corrected chi connectivity index (χ4v) is 2.73. The summed E-state index contributed by atoms with van der Waals surface area (Å²) >= 11 is 5.97. The Morgan fingerprint density at radius 3 is 2.63 bits per heavy atom. The molecule has 1 aromatic heterocycles. The Morgan fingerprint density at radius 1 is 1.22 bits per heavy atom. The molecule has 0 aliphatic rings. The molecular formula is C20H21ClN4O2. The van der Waals surface area contributed by atoms with Crippen molar-refractivity contribution in [3.8, 4) is 11.4 Å². The van der Waals surface area contributed by atoms with Crippen LogP contribution in [0.4, 0.5) is 10.5 Å². The molecule has 2 amide bonds. The van der Waals surface area contributed by atoms with Gasteiger partial charge in [0.15, 0.2) is 0 Å². The summed E-state index contributed by atoms with van der Waals surface area (Å²) in [5.74, 6) is 0.879. The average molecular weight is 385 g/mol. The Bertz CT molecular complexity index is 922. The van der Waals surface area contributed by atoms with Crippen molar-refractivity contribution in [1.29, 1.82) is 0 Å². The Kier molecular flexibility index (Phi) is 5.76. The van der Waals surface area contributed by atoms with E-state index < -0.39 is 0 Å². The molecule has 0 radical (unpaired) electrons. The molecule has 140 valence electrons. The number of carbonyl (C=O) groups excluding carboxylic acids is 1. The van der Waals surface area contributed by atoms with Crippen LogP contribution in [0.15, 0.2) is 53.1 Å². The molecule has 0 saturated carbocycles. The van der Waals surface area contributed by atoms with E-state index >= 15 is 0 Å². The molecule has 3 aromatic rings. The molecule has 1 N–H and O–H groups in total. The van der Waals surface area contributed by atoms with Crippen LogP contribution in [-0.2, 0) is 6.54 Å². The minimum atomic E-state index is -0.262. The molecule has 0 saturated heterocycles. The van der Waals surface area contributed by atoms with Crippen LogP contribution >= 0.6 is 11.6 Å². The van der Waals surface area contributed by atoms with Gasteiger partial charge in [0.25, 0.3) is 0 Å². The summed E-state index contributed by atoms with van der Waals surface area (Å²) in [5, 5.41) is 7.42. The lowest BCUT2D eigenvalue weighted by Crippen LogP contribution is -2.39. The number of nitrogens with one attached hydrogen (secondary N) is 1. The molecule has 0 fully saturated rings. The zero-order valence-electron chi connectivity index (χ0n) is 15.4. The van der Waals surface area contributed by atoms with Crippen LogP contribution in [-0.4, -0.2) is 27.1 Å². The Morgan fingerprint density at radius 2 is 1.96 bits per heavy atom. The third-order valence-corrected chi connectivity index (χ3v) is 4.28. The molecule has 1 heterocycles. The van der Waals surface area contributed by atoms with Gasteiger partial charge in [-0.15, -0.1) is 0 Å². The van der Waals surface area contributed by atoms with Gasteiger partial charge in [-0.1, -0.05) is 52.7 Å². The zero-order chi connectivity index (χ0) is 19.4. The van der Waals surface area contributed by atoms with Crippen LogP contribution in [0.5, 0.6) is 0 Å². The van der Waals surface area contributed by atoms with E-state index in [-0.39, 0.29) is 18.6 Å². The molecule has 0 aliphatic heterocycles. The van der Waals surface area contributed by atoms with Crippen LogP contribution in [0.3, 0.4) is 0 Å². The summed E-state index contributed by atoms with van der Waals surface area (Å²) in [5.41, 5.74) is 2.66. The largest absolute Gasteiger partial charge is 0.337 e.